The van der Waals surface area contributed by atoms with Crippen LogP contribution >= 0.6 is 11.3 Å². The second-order valence-corrected chi connectivity index (χ2v) is 12.4. The highest BCUT2D eigenvalue weighted by Gasteiger charge is 2.35. The Balaban J connectivity index is 1.30. The Morgan fingerprint density at radius 1 is 0.974 bits per heavy atom. The first-order chi connectivity index (χ1) is 18.4. The highest BCUT2D eigenvalue weighted by molar-refractivity contribution is 7.10. The molecule has 2 aromatic heterocycles. The van der Waals surface area contributed by atoms with E-state index < -0.39 is 0 Å². The van der Waals surface area contributed by atoms with Crippen LogP contribution < -0.4 is 4.90 Å². The van der Waals surface area contributed by atoms with Crippen molar-refractivity contribution in [3.63, 3.8) is 0 Å². The van der Waals surface area contributed by atoms with Crippen LogP contribution in [0.1, 0.15) is 47.1 Å². The Hall–Kier alpha value is -2.68. The van der Waals surface area contributed by atoms with Gasteiger partial charge in [0.2, 0.25) is 0 Å². The SMILES string of the molecule is CCC1(N(C)C)CCN(c2ccc(-n3nc(C(=O)N4CCN(C)CC4)c4c3-c3ccsc3CC4)cc2)CC1. The van der Waals surface area contributed by atoms with Crippen LogP contribution in [0.25, 0.3) is 16.9 Å². The lowest BCUT2D eigenvalue weighted by Crippen LogP contribution is -2.52. The van der Waals surface area contributed by atoms with Gasteiger partial charge in [-0.25, -0.2) is 4.68 Å². The first-order valence-electron chi connectivity index (χ1n) is 14.1. The molecule has 2 saturated heterocycles. The molecule has 3 aromatic rings. The molecular weight excluding hydrogens is 492 g/mol. The molecule has 202 valence electrons. The van der Waals surface area contributed by atoms with Crippen LogP contribution in [0.15, 0.2) is 35.7 Å². The molecule has 1 aromatic carbocycles. The van der Waals surface area contributed by atoms with Gasteiger partial charge < -0.3 is 19.6 Å². The fourth-order valence-corrected chi connectivity index (χ4v) is 7.45. The van der Waals surface area contributed by atoms with E-state index in [1.54, 1.807) is 0 Å². The Bertz CT molecular complexity index is 1290. The number of hydrogen-bond donors (Lipinski definition) is 0. The monoisotopic (exact) mass is 532 g/mol. The van der Waals surface area contributed by atoms with Crippen LogP contribution in [0.4, 0.5) is 5.69 Å². The van der Waals surface area contributed by atoms with Crippen LogP contribution in [0.5, 0.6) is 0 Å². The van der Waals surface area contributed by atoms with Gasteiger partial charge in [-0.2, -0.15) is 5.10 Å². The van der Waals surface area contributed by atoms with E-state index in [-0.39, 0.29) is 5.91 Å². The van der Waals surface area contributed by atoms with E-state index in [9.17, 15) is 4.79 Å². The average molecular weight is 533 g/mol. The minimum atomic E-state index is 0.0806. The Morgan fingerprint density at radius 3 is 2.32 bits per heavy atom. The summed E-state index contributed by atoms with van der Waals surface area (Å²) in [5, 5.41) is 7.19. The Morgan fingerprint density at radius 2 is 1.66 bits per heavy atom. The molecule has 2 fully saturated rings. The van der Waals surface area contributed by atoms with E-state index >= 15 is 0 Å². The minimum absolute atomic E-state index is 0.0806. The van der Waals surface area contributed by atoms with Gasteiger partial charge in [0.15, 0.2) is 5.69 Å². The van der Waals surface area contributed by atoms with Crippen LogP contribution in [-0.4, -0.2) is 96.3 Å². The second kappa shape index (κ2) is 10.1. The predicted octanol–water partition coefficient (Wildman–Crippen LogP) is 4.40. The standard InChI is InChI=1S/C30H40N6OS/c1-5-30(32(2)3)13-15-34(16-14-30)22-6-8-23(9-7-22)36-28-24-12-21-38-26(24)11-10-25(28)27(31-36)29(37)35-19-17-33(4)18-20-35/h6-9,12,21H,5,10-11,13-20H2,1-4H3. The highest BCUT2D eigenvalue weighted by Crippen LogP contribution is 2.40. The summed E-state index contributed by atoms with van der Waals surface area (Å²) in [6, 6.07) is 11.0. The van der Waals surface area contributed by atoms with Gasteiger partial charge in [-0.15, -0.1) is 11.3 Å². The van der Waals surface area contributed by atoms with Gasteiger partial charge in [0.05, 0.1) is 11.4 Å². The van der Waals surface area contributed by atoms with E-state index in [1.165, 1.54) is 35.4 Å². The second-order valence-electron chi connectivity index (χ2n) is 11.4. The summed E-state index contributed by atoms with van der Waals surface area (Å²) in [5.74, 6) is 0.0806. The lowest BCUT2D eigenvalue weighted by molar-refractivity contribution is 0.0656. The molecule has 7 nitrogen and oxygen atoms in total. The maximum absolute atomic E-state index is 13.7. The number of fused-ring (bicyclic) bond motifs is 3. The largest absolute Gasteiger partial charge is 0.371 e. The highest BCUT2D eigenvalue weighted by atomic mass is 32.1. The number of rotatable bonds is 5. The summed E-state index contributed by atoms with van der Waals surface area (Å²) in [4.78, 5) is 24.3. The molecule has 3 aliphatic rings. The lowest BCUT2D eigenvalue weighted by Gasteiger charge is -2.46. The molecule has 1 amide bonds. The summed E-state index contributed by atoms with van der Waals surface area (Å²) >= 11 is 1.81. The van der Waals surface area contributed by atoms with Crippen LogP contribution in [0, 0.1) is 0 Å². The maximum Gasteiger partial charge on any atom is 0.274 e. The molecule has 0 atom stereocenters. The molecule has 0 N–H and O–H groups in total. The third-order valence-electron chi connectivity index (χ3n) is 9.34. The molecule has 0 bridgehead atoms. The number of likely N-dealkylation sites (N-methyl/N-ethyl adjacent to an activating group) is 1. The third kappa shape index (κ3) is 4.36. The van der Waals surface area contributed by atoms with Crippen molar-refractivity contribution in [2.24, 2.45) is 0 Å². The number of aryl methyl sites for hydroxylation is 1. The summed E-state index contributed by atoms with van der Waals surface area (Å²) in [5.41, 5.74) is 6.70. The van der Waals surface area contributed by atoms with Crippen LogP contribution in [-0.2, 0) is 12.8 Å². The van der Waals surface area contributed by atoms with Gasteiger partial charge in [-0.05, 0) is 89.0 Å². The topological polar surface area (TPSA) is 47.9 Å². The van der Waals surface area contributed by atoms with Crippen molar-refractivity contribution in [2.75, 3.05) is 65.3 Å². The molecule has 2 aliphatic heterocycles. The number of amides is 1. The molecule has 38 heavy (non-hydrogen) atoms. The Kier molecular flexibility index (Phi) is 6.82. The fraction of sp³-hybridized carbons (Fsp3) is 0.533. The quantitative estimate of drug-likeness (QED) is 0.488. The molecule has 6 rings (SSSR count). The van der Waals surface area contributed by atoms with E-state index in [1.807, 2.05) is 20.9 Å². The summed E-state index contributed by atoms with van der Waals surface area (Å²) in [6.45, 7) is 7.81. The number of carbonyl (C=O) groups excluding carboxylic acids is 1. The van der Waals surface area contributed by atoms with Crippen molar-refractivity contribution < 1.29 is 4.79 Å². The summed E-state index contributed by atoms with van der Waals surface area (Å²) in [7, 11) is 6.56. The van der Waals surface area contributed by atoms with Crippen molar-refractivity contribution in [1.29, 1.82) is 0 Å². The van der Waals surface area contributed by atoms with Crippen LogP contribution in [0.2, 0.25) is 0 Å². The Labute approximate surface area is 230 Å². The summed E-state index contributed by atoms with van der Waals surface area (Å²) < 4.78 is 2.04. The number of anilines is 1. The molecule has 0 spiro atoms. The lowest BCUT2D eigenvalue weighted by atomic mass is 9.83. The van der Waals surface area contributed by atoms with E-state index in [4.69, 9.17) is 5.10 Å². The van der Waals surface area contributed by atoms with E-state index in [2.05, 4.69) is 78.5 Å². The molecule has 0 saturated carbocycles. The first-order valence-corrected chi connectivity index (χ1v) is 15.0. The van der Waals surface area contributed by atoms with Gasteiger partial charge in [0.1, 0.15) is 0 Å². The third-order valence-corrected chi connectivity index (χ3v) is 10.3. The predicted molar refractivity (Wildman–Crippen MR) is 156 cm³/mol. The van der Waals surface area contributed by atoms with Gasteiger partial charge in [-0.1, -0.05) is 6.92 Å². The zero-order chi connectivity index (χ0) is 26.4. The number of piperidine rings is 1. The fourth-order valence-electron chi connectivity index (χ4n) is 6.57. The van der Waals surface area contributed by atoms with Crippen molar-refractivity contribution in [1.82, 2.24) is 24.5 Å². The van der Waals surface area contributed by atoms with Gasteiger partial charge in [0.25, 0.3) is 5.91 Å². The number of thiophene rings is 1. The smallest absolute Gasteiger partial charge is 0.274 e. The zero-order valence-corrected chi connectivity index (χ0v) is 24.1. The maximum atomic E-state index is 13.7. The summed E-state index contributed by atoms with van der Waals surface area (Å²) in [6.07, 6.45) is 5.41. The molecular formula is C30H40N6OS. The van der Waals surface area contributed by atoms with E-state index in [0.29, 0.717) is 11.2 Å². The van der Waals surface area contributed by atoms with Gasteiger partial charge in [-0.3, -0.25) is 4.79 Å². The number of hydrogen-bond acceptors (Lipinski definition) is 6. The first kappa shape index (κ1) is 25.6. The molecule has 1 aliphatic carbocycles. The van der Waals surface area contributed by atoms with E-state index in [0.717, 1.165) is 69.1 Å². The molecule has 0 unspecified atom stereocenters. The van der Waals surface area contributed by atoms with Gasteiger partial charge in [0, 0.05) is 66.5 Å². The van der Waals surface area contributed by atoms with Gasteiger partial charge >= 0.3 is 0 Å². The number of nitrogens with zero attached hydrogens (tertiary/aromatic N) is 6. The number of benzene rings is 1. The van der Waals surface area contributed by atoms with Crippen molar-refractivity contribution >= 4 is 22.9 Å². The van der Waals surface area contributed by atoms with Crippen molar-refractivity contribution in [3.8, 4) is 16.9 Å². The van der Waals surface area contributed by atoms with Crippen molar-refractivity contribution in [3.05, 3.63) is 51.8 Å². The molecule has 8 heteroatoms. The molecule has 0 radical (unpaired) electrons. The normalized spacial score (nSPS) is 19.5. The number of carbonyl (C=O) groups is 1. The zero-order valence-electron chi connectivity index (χ0n) is 23.2. The minimum Gasteiger partial charge on any atom is -0.371 e. The number of piperazine rings is 1. The van der Waals surface area contributed by atoms with Crippen molar-refractivity contribution in [2.45, 2.75) is 44.6 Å². The average Bonchev–Trinajstić information content (AvgIpc) is 3.58. The number of aromatic nitrogens is 2. The van der Waals surface area contributed by atoms with Crippen LogP contribution in [0.3, 0.4) is 0 Å². The molecule has 4 heterocycles.